The number of hydrogen-bond donors (Lipinski definition) is 2. The van der Waals surface area contributed by atoms with Gasteiger partial charge in [0.2, 0.25) is 10.0 Å². The second kappa shape index (κ2) is 6.81. The Bertz CT molecular complexity index is 856. The lowest BCUT2D eigenvalue weighted by Crippen LogP contribution is -2.22. The number of carboxylic acids is 1. The SMILES string of the molecule is CN(C)S(=O)(=O)c1ccc(NC(=O)c2ccc(C(=O)O)cc2)cc1. The summed E-state index contributed by atoms with van der Waals surface area (Å²) in [5.41, 5.74) is 0.815. The Morgan fingerprint density at radius 3 is 1.88 bits per heavy atom. The molecule has 0 aliphatic carbocycles. The molecule has 2 aromatic rings. The molecular weight excluding hydrogens is 332 g/mol. The standard InChI is InChI=1S/C16H16N2O5S/c1-18(2)24(22,23)14-9-7-13(8-10-14)17-15(19)11-3-5-12(6-4-11)16(20)21/h3-10H,1-2H3,(H,17,19)(H,20,21). The lowest BCUT2D eigenvalue weighted by atomic mass is 10.1. The molecule has 1 amide bonds. The highest BCUT2D eigenvalue weighted by Gasteiger charge is 2.17. The largest absolute Gasteiger partial charge is 0.478 e. The molecule has 126 valence electrons. The quantitative estimate of drug-likeness (QED) is 0.859. The van der Waals surface area contributed by atoms with Gasteiger partial charge >= 0.3 is 5.97 Å². The van der Waals surface area contributed by atoms with Gasteiger partial charge in [-0.15, -0.1) is 0 Å². The van der Waals surface area contributed by atoms with Crippen LogP contribution in [0.2, 0.25) is 0 Å². The van der Waals surface area contributed by atoms with Gasteiger partial charge in [0.25, 0.3) is 5.91 Å². The molecule has 2 rings (SSSR count). The van der Waals surface area contributed by atoms with Crippen molar-refractivity contribution in [1.29, 1.82) is 0 Å². The van der Waals surface area contributed by atoms with Crippen molar-refractivity contribution in [2.45, 2.75) is 4.90 Å². The molecule has 0 atom stereocenters. The lowest BCUT2D eigenvalue weighted by Gasteiger charge is -2.12. The third kappa shape index (κ3) is 3.79. The third-order valence-corrected chi connectivity index (χ3v) is 5.11. The maximum absolute atomic E-state index is 12.1. The van der Waals surface area contributed by atoms with E-state index in [1.165, 1.54) is 62.6 Å². The predicted molar refractivity (Wildman–Crippen MR) is 88.7 cm³/mol. The number of carbonyl (C=O) groups excluding carboxylic acids is 1. The van der Waals surface area contributed by atoms with Gasteiger partial charge in [0, 0.05) is 25.3 Å². The maximum Gasteiger partial charge on any atom is 0.335 e. The molecule has 8 heteroatoms. The maximum atomic E-state index is 12.1. The molecule has 0 unspecified atom stereocenters. The molecule has 0 saturated carbocycles. The fraction of sp³-hybridized carbons (Fsp3) is 0.125. The summed E-state index contributed by atoms with van der Waals surface area (Å²) in [5, 5.41) is 11.4. The number of rotatable bonds is 5. The summed E-state index contributed by atoms with van der Waals surface area (Å²) < 4.78 is 25.0. The van der Waals surface area contributed by atoms with E-state index in [-0.39, 0.29) is 10.5 Å². The highest BCUT2D eigenvalue weighted by Crippen LogP contribution is 2.17. The Kier molecular flexibility index (Phi) is 5.01. The third-order valence-electron chi connectivity index (χ3n) is 3.28. The van der Waals surface area contributed by atoms with Gasteiger partial charge in [-0.05, 0) is 48.5 Å². The van der Waals surface area contributed by atoms with Crippen LogP contribution in [0.5, 0.6) is 0 Å². The van der Waals surface area contributed by atoms with Gasteiger partial charge in [-0.25, -0.2) is 17.5 Å². The van der Waals surface area contributed by atoms with Crippen molar-refractivity contribution in [2.75, 3.05) is 19.4 Å². The number of nitrogens with zero attached hydrogens (tertiary/aromatic N) is 1. The minimum atomic E-state index is -3.52. The van der Waals surface area contributed by atoms with Crippen molar-refractivity contribution >= 4 is 27.6 Å². The summed E-state index contributed by atoms with van der Waals surface area (Å²) in [6, 6.07) is 11.3. The van der Waals surface area contributed by atoms with Crippen LogP contribution in [-0.4, -0.2) is 43.8 Å². The Balaban J connectivity index is 2.14. The highest BCUT2D eigenvalue weighted by atomic mass is 32.2. The van der Waals surface area contributed by atoms with E-state index in [1.54, 1.807) is 0 Å². The van der Waals surface area contributed by atoms with Crippen molar-refractivity contribution in [3.8, 4) is 0 Å². The zero-order chi connectivity index (χ0) is 17.9. The normalized spacial score (nSPS) is 11.3. The second-order valence-electron chi connectivity index (χ2n) is 5.15. The zero-order valence-electron chi connectivity index (χ0n) is 13.1. The van der Waals surface area contributed by atoms with Gasteiger partial charge in [0.1, 0.15) is 0 Å². The molecule has 0 radical (unpaired) electrons. The molecule has 0 saturated heterocycles. The van der Waals surface area contributed by atoms with Crippen LogP contribution < -0.4 is 5.32 Å². The fourth-order valence-corrected chi connectivity index (χ4v) is 2.79. The molecule has 0 fully saturated rings. The number of amides is 1. The fourth-order valence-electron chi connectivity index (χ4n) is 1.89. The minimum Gasteiger partial charge on any atom is -0.478 e. The van der Waals surface area contributed by atoms with E-state index in [0.717, 1.165) is 4.31 Å². The first-order chi connectivity index (χ1) is 11.2. The predicted octanol–water partition coefficient (Wildman–Crippen LogP) is 1.89. The van der Waals surface area contributed by atoms with E-state index in [1.807, 2.05) is 0 Å². The average molecular weight is 348 g/mol. The zero-order valence-corrected chi connectivity index (χ0v) is 13.9. The number of carboxylic acid groups (broad SMARTS) is 1. The van der Waals surface area contributed by atoms with Gasteiger partial charge in [0.05, 0.1) is 10.5 Å². The van der Waals surface area contributed by atoms with Crippen molar-refractivity contribution in [2.24, 2.45) is 0 Å². The number of carbonyl (C=O) groups is 2. The van der Waals surface area contributed by atoms with Gasteiger partial charge in [-0.1, -0.05) is 0 Å². The van der Waals surface area contributed by atoms with Crippen molar-refractivity contribution in [1.82, 2.24) is 4.31 Å². The van der Waals surface area contributed by atoms with Gasteiger partial charge in [0.15, 0.2) is 0 Å². The number of benzene rings is 2. The number of hydrogen-bond acceptors (Lipinski definition) is 4. The Hall–Kier alpha value is -2.71. The molecule has 24 heavy (non-hydrogen) atoms. The van der Waals surface area contributed by atoms with Crippen LogP contribution in [0.25, 0.3) is 0 Å². The van der Waals surface area contributed by atoms with Gasteiger partial charge in [-0.2, -0.15) is 0 Å². The van der Waals surface area contributed by atoms with Crippen LogP contribution in [0.3, 0.4) is 0 Å². The molecule has 0 aliphatic rings. The molecule has 2 N–H and O–H groups in total. The summed E-state index contributed by atoms with van der Waals surface area (Å²) in [4.78, 5) is 23.0. The van der Waals surface area contributed by atoms with Crippen LogP contribution in [0.15, 0.2) is 53.4 Å². The van der Waals surface area contributed by atoms with Crippen LogP contribution in [0.1, 0.15) is 20.7 Å². The molecule has 7 nitrogen and oxygen atoms in total. The lowest BCUT2D eigenvalue weighted by molar-refractivity contribution is 0.0696. The number of nitrogens with one attached hydrogen (secondary N) is 1. The molecule has 0 spiro atoms. The number of anilines is 1. The monoisotopic (exact) mass is 348 g/mol. The smallest absolute Gasteiger partial charge is 0.335 e. The molecular formula is C16H16N2O5S. The Morgan fingerprint density at radius 1 is 0.917 bits per heavy atom. The Labute approximate surface area is 139 Å². The molecule has 0 heterocycles. The summed E-state index contributed by atoms with van der Waals surface area (Å²) in [5.74, 6) is -1.49. The topological polar surface area (TPSA) is 104 Å². The van der Waals surface area contributed by atoms with Gasteiger partial charge < -0.3 is 10.4 Å². The molecule has 0 aliphatic heterocycles. The van der Waals surface area contributed by atoms with E-state index in [0.29, 0.717) is 11.3 Å². The van der Waals surface area contributed by atoms with Crippen molar-refractivity contribution < 1.29 is 23.1 Å². The first-order valence-electron chi connectivity index (χ1n) is 6.89. The Morgan fingerprint density at radius 2 is 1.42 bits per heavy atom. The summed E-state index contributed by atoms with van der Waals surface area (Å²) in [6.07, 6.45) is 0. The molecule has 0 bridgehead atoms. The van der Waals surface area contributed by atoms with Crippen molar-refractivity contribution in [3.05, 3.63) is 59.7 Å². The van der Waals surface area contributed by atoms with Crippen molar-refractivity contribution in [3.63, 3.8) is 0 Å². The first-order valence-corrected chi connectivity index (χ1v) is 8.33. The number of aromatic carboxylic acids is 1. The summed E-state index contributed by atoms with van der Waals surface area (Å²) >= 11 is 0. The van der Waals surface area contributed by atoms with E-state index in [4.69, 9.17) is 5.11 Å². The summed E-state index contributed by atoms with van der Waals surface area (Å²) in [7, 11) is -0.650. The summed E-state index contributed by atoms with van der Waals surface area (Å²) in [6.45, 7) is 0. The minimum absolute atomic E-state index is 0.0878. The second-order valence-corrected chi connectivity index (χ2v) is 7.30. The first kappa shape index (κ1) is 17.6. The highest BCUT2D eigenvalue weighted by molar-refractivity contribution is 7.89. The molecule has 2 aromatic carbocycles. The van der Waals surface area contributed by atoms with E-state index >= 15 is 0 Å². The van der Waals surface area contributed by atoms with Gasteiger partial charge in [-0.3, -0.25) is 4.79 Å². The average Bonchev–Trinajstić information content (AvgIpc) is 2.55. The van der Waals surface area contributed by atoms with E-state index < -0.39 is 21.9 Å². The van der Waals surface area contributed by atoms with E-state index in [2.05, 4.69) is 5.32 Å². The van der Waals surface area contributed by atoms with Crippen LogP contribution in [0.4, 0.5) is 5.69 Å². The number of sulfonamides is 1. The molecule has 0 aromatic heterocycles. The van der Waals surface area contributed by atoms with Crippen LogP contribution in [-0.2, 0) is 10.0 Å². The van der Waals surface area contributed by atoms with E-state index in [9.17, 15) is 18.0 Å². The van der Waals surface area contributed by atoms with Crippen LogP contribution in [0, 0.1) is 0 Å². The van der Waals surface area contributed by atoms with Crippen LogP contribution >= 0.6 is 0 Å².